The summed E-state index contributed by atoms with van der Waals surface area (Å²) in [5, 5.41) is 31.4. The molecule has 0 amide bonds. The van der Waals surface area contributed by atoms with Crippen molar-refractivity contribution in [1.29, 1.82) is 0 Å². The second-order valence-corrected chi connectivity index (χ2v) is 10.6. The summed E-state index contributed by atoms with van der Waals surface area (Å²) in [6.07, 6.45) is 8.86. The van der Waals surface area contributed by atoms with E-state index in [0.29, 0.717) is 17.2 Å². The number of hydrogen-bond donors (Lipinski definition) is 3. The highest BCUT2D eigenvalue weighted by molar-refractivity contribution is 5.82. The molecule has 0 saturated carbocycles. The van der Waals surface area contributed by atoms with Crippen molar-refractivity contribution in [3.05, 3.63) is 89.5 Å². The zero-order valence-electron chi connectivity index (χ0n) is 23.6. The lowest BCUT2D eigenvalue weighted by Gasteiger charge is -2.15. The van der Waals surface area contributed by atoms with Crippen molar-refractivity contribution in [1.82, 2.24) is 0 Å². The summed E-state index contributed by atoms with van der Waals surface area (Å²) >= 11 is 0. The summed E-state index contributed by atoms with van der Waals surface area (Å²) in [7, 11) is 0. The van der Waals surface area contributed by atoms with Gasteiger partial charge in [0.25, 0.3) is 0 Å². The first-order chi connectivity index (χ1) is 18.9. The number of phenols is 3. The molecular weight excluding hydrogens is 480 g/mol. The van der Waals surface area contributed by atoms with E-state index in [1.54, 1.807) is 18.2 Å². The average molecular weight is 523 g/mol. The number of hydrogen-bond acceptors (Lipinski definition) is 3. The molecule has 0 fully saturated rings. The highest BCUT2D eigenvalue weighted by atomic mass is 16.3. The summed E-state index contributed by atoms with van der Waals surface area (Å²) in [5.74, 6) is 1.05. The first-order valence-electron chi connectivity index (χ1n) is 14.5. The normalized spacial score (nSPS) is 11.2. The molecule has 3 heteroatoms. The van der Waals surface area contributed by atoms with E-state index in [1.807, 2.05) is 18.2 Å². The Bertz CT molecular complexity index is 1220. The van der Waals surface area contributed by atoms with Gasteiger partial charge in [0.1, 0.15) is 17.2 Å². The fraction of sp³-hybridized carbons (Fsp3) is 0.333. The number of unbranched alkanes of at least 4 members (excludes halogenated alkanes) is 3. The highest BCUT2D eigenvalue weighted by Crippen LogP contribution is 2.37. The molecule has 3 N–H and O–H groups in total. The van der Waals surface area contributed by atoms with Crippen LogP contribution >= 0.6 is 0 Å². The van der Waals surface area contributed by atoms with Gasteiger partial charge < -0.3 is 15.3 Å². The smallest absolute Gasteiger partial charge is 0.118 e. The predicted molar refractivity (Wildman–Crippen MR) is 164 cm³/mol. The maximum absolute atomic E-state index is 10.5. The molecule has 0 aliphatic carbocycles. The van der Waals surface area contributed by atoms with E-state index in [4.69, 9.17) is 0 Å². The van der Waals surface area contributed by atoms with Crippen LogP contribution in [0.5, 0.6) is 17.2 Å². The van der Waals surface area contributed by atoms with E-state index in [0.717, 1.165) is 108 Å². The van der Waals surface area contributed by atoms with Gasteiger partial charge in [-0.3, -0.25) is 0 Å². The van der Waals surface area contributed by atoms with Crippen LogP contribution < -0.4 is 0 Å². The number of aryl methyl sites for hydroxylation is 3. The van der Waals surface area contributed by atoms with Crippen molar-refractivity contribution >= 4 is 0 Å². The Kier molecular flexibility index (Phi) is 9.70. The molecule has 0 saturated heterocycles. The van der Waals surface area contributed by atoms with Crippen molar-refractivity contribution in [2.45, 2.75) is 78.6 Å². The fourth-order valence-corrected chi connectivity index (χ4v) is 5.13. The number of phenolic OH excluding ortho intramolecular Hbond substituents is 3. The second kappa shape index (κ2) is 13.4. The van der Waals surface area contributed by atoms with Gasteiger partial charge in [-0.2, -0.15) is 0 Å². The molecule has 39 heavy (non-hydrogen) atoms. The minimum absolute atomic E-state index is 0.349. The maximum atomic E-state index is 10.5. The van der Waals surface area contributed by atoms with Crippen LogP contribution in [0.25, 0.3) is 33.4 Å². The van der Waals surface area contributed by atoms with Gasteiger partial charge in [0.2, 0.25) is 0 Å². The van der Waals surface area contributed by atoms with Gasteiger partial charge in [-0.15, -0.1) is 0 Å². The maximum Gasteiger partial charge on any atom is 0.118 e. The van der Waals surface area contributed by atoms with Crippen molar-refractivity contribution in [2.75, 3.05) is 0 Å². The van der Waals surface area contributed by atoms with Gasteiger partial charge in [-0.1, -0.05) is 58.2 Å². The van der Waals surface area contributed by atoms with Crippen LogP contribution in [0.4, 0.5) is 0 Å². The highest BCUT2D eigenvalue weighted by Gasteiger charge is 2.13. The van der Waals surface area contributed by atoms with Gasteiger partial charge in [-0.25, -0.2) is 0 Å². The van der Waals surface area contributed by atoms with Crippen molar-refractivity contribution in [3.63, 3.8) is 0 Å². The molecule has 0 radical (unpaired) electrons. The topological polar surface area (TPSA) is 60.7 Å². The van der Waals surface area contributed by atoms with Gasteiger partial charge >= 0.3 is 0 Å². The Morgan fingerprint density at radius 1 is 0.385 bits per heavy atom. The van der Waals surface area contributed by atoms with E-state index < -0.39 is 0 Å². The molecule has 3 nitrogen and oxygen atoms in total. The first-order valence-corrected chi connectivity index (χ1v) is 14.5. The average Bonchev–Trinajstić information content (AvgIpc) is 2.95. The molecule has 4 rings (SSSR count). The predicted octanol–water partition coefficient (Wildman–Crippen LogP) is 9.83. The lowest BCUT2D eigenvalue weighted by Crippen LogP contribution is -1.92. The number of rotatable bonds is 12. The molecule has 0 aliphatic rings. The van der Waals surface area contributed by atoms with Crippen LogP contribution in [-0.4, -0.2) is 15.3 Å². The SMILES string of the molecule is CCCCc1cc(-c2cc(-c3ccc(O)c(CCCC)c3)cc(-c3ccc(O)c(CCCC)c3)c2)ccc1O. The van der Waals surface area contributed by atoms with Crippen LogP contribution in [0.3, 0.4) is 0 Å². The zero-order valence-corrected chi connectivity index (χ0v) is 23.6. The van der Waals surface area contributed by atoms with Crippen LogP contribution in [0, 0.1) is 0 Å². The van der Waals surface area contributed by atoms with E-state index >= 15 is 0 Å². The first kappa shape index (κ1) is 28.3. The third-order valence-electron chi connectivity index (χ3n) is 7.57. The van der Waals surface area contributed by atoms with Crippen LogP contribution in [0.2, 0.25) is 0 Å². The van der Waals surface area contributed by atoms with E-state index in [-0.39, 0.29) is 0 Å². The minimum atomic E-state index is 0.349. The Labute approximate surface area is 233 Å². The minimum Gasteiger partial charge on any atom is -0.508 e. The second-order valence-electron chi connectivity index (χ2n) is 10.6. The monoisotopic (exact) mass is 522 g/mol. The molecular formula is C36H42O3. The molecule has 0 atom stereocenters. The molecule has 0 heterocycles. The molecule has 0 bridgehead atoms. The van der Waals surface area contributed by atoms with Crippen molar-refractivity contribution < 1.29 is 15.3 Å². The van der Waals surface area contributed by atoms with Crippen LogP contribution in [0.15, 0.2) is 72.8 Å². The summed E-state index contributed by atoms with van der Waals surface area (Å²) in [4.78, 5) is 0. The third kappa shape index (κ3) is 7.03. The van der Waals surface area contributed by atoms with E-state index in [2.05, 4.69) is 57.2 Å². The molecule has 0 aromatic heterocycles. The summed E-state index contributed by atoms with van der Waals surface area (Å²) in [6.45, 7) is 6.49. The Morgan fingerprint density at radius 2 is 0.667 bits per heavy atom. The zero-order chi connectivity index (χ0) is 27.8. The number of benzene rings is 4. The van der Waals surface area contributed by atoms with Crippen LogP contribution in [0.1, 0.15) is 76.0 Å². The fourth-order valence-electron chi connectivity index (χ4n) is 5.13. The quantitative estimate of drug-likeness (QED) is 0.173. The molecule has 0 aliphatic heterocycles. The van der Waals surface area contributed by atoms with Gasteiger partial charge in [0.05, 0.1) is 0 Å². The van der Waals surface area contributed by atoms with Gasteiger partial charge in [-0.05, 0) is 143 Å². The Hall–Kier alpha value is -3.72. The van der Waals surface area contributed by atoms with Crippen molar-refractivity contribution in [2.24, 2.45) is 0 Å². The Balaban J connectivity index is 1.86. The summed E-state index contributed by atoms with van der Waals surface area (Å²) < 4.78 is 0. The largest absolute Gasteiger partial charge is 0.508 e. The molecule has 0 unspecified atom stereocenters. The molecule has 4 aromatic rings. The molecule has 204 valence electrons. The van der Waals surface area contributed by atoms with Gasteiger partial charge in [0, 0.05) is 0 Å². The van der Waals surface area contributed by atoms with E-state index in [9.17, 15) is 15.3 Å². The number of aromatic hydroxyl groups is 3. The van der Waals surface area contributed by atoms with Crippen LogP contribution in [-0.2, 0) is 19.3 Å². The van der Waals surface area contributed by atoms with Crippen molar-refractivity contribution in [3.8, 4) is 50.6 Å². The Morgan fingerprint density at radius 3 is 0.923 bits per heavy atom. The lowest BCUT2D eigenvalue weighted by atomic mass is 9.90. The standard InChI is InChI=1S/C36H42O3/c1-4-7-10-28-19-25(13-16-34(28)37)31-22-32(26-14-17-35(38)29(20-26)11-8-5-2)24-33(23-31)27-15-18-36(39)30(21-27)12-9-6-3/h13-24,37-39H,4-12H2,1-3H3. The summed E-state index contributed by atoms with van der Waals surface area (Å²) in [5.41, 5.74) is 9.34. The lowest BCUT2D eigenvalue weighted by molar-refractivity contribution is 0.466. The molecule has 4 aromatic carbocycles. The third-order valence-corrected chi connectivity index (χ3v) is 7.57. The van der Waals surface area contributed by atoms with E-state index in [1.165, 1.54) is 0 Å². The molecule has 0 spiro atoms. The summed E-state index contributed by atoms with van der Waals surface area (Å²) in [6, 6.07) is 24.3. The van der Waals surface area contributed by atoms with Gasteiger partial charge in [0.15, 0.2) is 0 Å².